The smallest absolute Gasteiger partial charge is 0.262 e. The first-order chi connectivity index (χ1) is 13.5. The van der Waals surface area contributed by atoms with Gasteiger partial charge in [0.05, 0.1) is 0 Å². The number of carbonyl (C=O) groups excluding carboxylic acids is 2. The first kappa shape index (κ1) is 19.1. The van der Waals surface area contributed by atoms with E-state index in [0.717, 1.165) is 5.56 Å². The van der Waals surface area contributed by atoms with Gasteiger partial charge in [-0.2, -0.15) is 4.98 Å². The highest BCUT2D eigenvalue weighted by molar-refractivity contribution is 5.97. The van der Waals surface area contributed by atoms with Gasteiger partial charge in [0.2, 0.25) is 11.7 Å². The number of carbonyl (C=O) groups is 2. The van der Waals surface area contributed by atoms with Crippen molar-refractivity contribution in [3.8, 4) is 17.1 Å². The third-order valence-corrected chi connectivity index (χ3v) is 3.76. The summed E-state index contributed by atoms with van der Waals surface area (Å²) < 4.78 is 10.4. The number of ether oxygens (including phenoxy) is 1. The van der Waals surface area contributed by atoms with Crippen LogP contribution in [-0.2, 0) is 4.79 Å². The van der Waals surface area contributed by atoms with Gasteiger partial charge in [-0.15, -0.1) is 0 Å². The number of hydrogen-bond acceptors (Lipinski definition) is 6. The molecule has 3 rings (SSSR count). The van der Waals surface area contributed by atoms with Crippen molar-refractivity contribution in [1.82, 2.24) is 15.5 Å². The number of rotatable bonds is 7. The van der Waals surface area contributed by atoms with Crippen LogP contribution in [0.5, 0.6) is 5.75 Å². The zero-order valence-electron chi connectivity index (χ0n) is 15.6. The molecule has 1 aromatic heterocycles. The van der Waals surface area contributed by atoms with E-state index in [1.54, 1.807) is 55.5 Å². The number of nitrogens with zero attached hydrogens (tertiary/aromatic N) is 2. The average Bonchev–Trinajstić information content (AvgIpc) is 3.13. The third-order valence-electron chi connectivity index (χ3n) is 3.76. The minimum Gasteiger partial charge on any atom is -0.484 e. The normalized spacial score (nSPS) is 10.4. The summed E-state index contributed by atoms with van der Waals surface area (Å²) >= 11 is 0. The highest BCUT2D eigenvalue weighted by Gasteiger charge is 2.09. The quantitative estimate of drug-likeness (QED) is 0.653. The highest BCUT2D eigenvalue weighted by atomic mass is 16.5. The molecular weight excluding hydrogens is 360 g/mol. The van der Waals surface area contributed by atoms with Crippen molar-refractivity contribution < 1.29 is 18.8 Å². The predicted molar refractivity (Wildman–Crippen MR) is 103 cm³/mol. The van der Waals surface area contributed by atoms with Crippen molar-refractivity contribution in [3.63, 3.8) is 0 Å². The predicted octanol–water partition coefficient (Wildman–Crippen LogP) is 2.81. The van der Waals surface area contributed by atoms with E-state index in [1.165, 1.54) is 0 Å². The van der Waals surface area contributed by atoms with Gasteiger partial charge in [0.25, 0.3) is 11.8 Å². The van der Waals surface area contributed by atoms with Crippen molar-refractivity contribution >= 4 is 17.5 Å². The Morgan fingerprint density at radius 2 is 1.93 bits per heavy atom. The van der Waals surface area contributed by atoms with Crippen LogP contribution in [0.2, 0.25) is 0 Å². The third kappa shape index (κ3) is 4.94. The van der Waals surface area contributed by atoms with E-state index in [0.29, 0.717) is 35.3 Å². The SMILES string of the molecule is CCNC(=O)c1cccc(NC(=O)COc2ccc(-c3noc(C)n3)cc2)c1. The Bertz CT molecular complexity index is 966. The largest absolute Gasteiger partial charge is 0.484 e. The standard InChI is InChI=1S/C20H20N4O4/c1-3-21-20(26)15-5-4-6-16(11-15)23-18(25)12-27-17-9-7-14(8-10-17)19-22-13(2)28-24-19/h4-11H,3,12H2,1-2H3,(H,21,26)(H,23,25). The maximum absolute atomic E-state index is 12.1. The Hall–Kier alpha value is -3.68. The molecule has 0 aliphatic heterocycles. The number of aryl methyl sites for hydroxylation is 1. The summed E-state index contributed by atoms with van der Waals surface area (Å²) in [7, 11) is 0. The van der Waals surface area contributed by atoms with Crippen LogP contribution in [0.25, 0.3) is 11.4 Å². The van der Waals surface area contributed by atoms with Gasteiger partial charge in [0.1, 0.15) is 5.75 Å². The lowest BCUT2D eigenvalue weighted by atomic mass is 10.2. The van der Waals surface area contributed by atoms with Gasteiger partial charge in [0, 0.05) is 30.3 Å². The summed E-state index contributed by atoms with van der Waals surface area (Å²) in [4.78, 5) is 28.1. The Morgan fingerprint density at radius 3 is 2.61 bits per heavy atom. The molecule has 2 amide bonds. The lowest BCUT2D eigenvalue weighted by molar-refractivity contribution is -0.118. The summed E-state index contributed by atoms with van der Waals surface area (Å²) in [5.41, 5.74) is 1.80. The molecule has 0 atom stereocenters. The van der Waals surface area contributed by atoms with E-state index in [2.05, 4.69) is 20.8 Å². The lowest BCUT2D eigenvalue weighted by Crippen LogP contribution is -2.23. The average molecular weight is 380 g/mol. The van der Waals surface area contributed by atoms with Gasteiger partial charge in [-0.25, -0.2) is 0 Å². The second-order valence-electron chi connectivity index (χ2n) is 5.94. The van der Waals surface area contributed by atoms with Crippen LogP contribution in [0.15, 0.2) is 53.1 Å². The van der Waals surface area contributed by atoms with Crippen LogP contribution >= 0.6 is 0 Å². The molecular formula is C20H20N4O4. The molecule has 2 N–H and O–H groups in total. The van der Waals surface area contributed by atoms with Crippen LogP contribution in [0.4, 0.5) is 5.69 Å². The van der Waals surface area contributed by atoms with Crippen LogP contribution < -0.4 is 15.4 Å². The molecule has 0 saturated heterocycles. The summed E-state index contributed by atoms with van der Waals surface area (Å²) in [5.74, 6) is 1.00. The molecule has 28 heavy (non-hydrogen) atoms. The Kier molecular flexibility index (Phi) is 6.01. The van der Waals surface area contributed by atoms with Crippen LogP contribution in [0.1, 0.15) is 23.2 Å². The summed E-state index contributed by atoms with van der Waals surface area (Å²) in [5, 5.41) is 9.28. The second-order valence-corrected chi connectivity index (χ2v) is 5.94. The number of amides is 2. The van der Waals surface area contributed by atoms with E-state index in [-0.39, 0.29) is 18.4 Å². The van der Waals surface area contributed by atoms with Crippen molar-refractivity contribution in [1.29, 1.82) is 0 Å². The molecule has 0 unspecified atom stereocenters. The van der Waals surface area contributed by atoms with E-state index < -0.39 is 0 Å². The van der Waals surface area contributed by atoms with Crippen molar-refractivity contribution in [2.75, 3.05) is 18.5 Å². The summed E-state index contributed by atoms with van der Waals surface area (Å²) in [6, 6.07) is 13.7. The molecule has 0 saturated carbocycles. The zero-order valence-corrected chi connectivity index (χ0v) is 15.6. The molecule has 0 aliphatic carbocycles. The van der Waals surface area contributed by atoms with Crippen molar-refractivity contribution in [2.45, 2.75) is 13.8 Å². The summed E-state index contributed by atoms with van der Waals surface area (Å²) in [6.07, 6.45) is 0. The van der Waals surface area contributed by atoms with Crippen LogP contribution in [0.3, 0.4) is 0 Å². The fourth-order valence-corrected chi connectivity index (χ4v) is 2.46. The molecule has 0 spiro atoms. The van der Waals surface area contributed by atoms with Crippen molar-refractivity contribution in [2.24, 2.45) is 0 Å². The zero-order chi connectivity index (χ0) is 19.9. The highest BCUT2D eigenvalue weighted by Crippen LogP contribution is 2.20. The minimum absolute atomic E-state index is 0.161. The van der Waals surface area contributed by atoms with Gasteiger partial charge < -0.3 is 19.9 Å². The van der Waals surface area contributed by atoms with E-state index in [4.69, 9.17) is 9.26 Å². The Balaban J connectivity index is 1.54. The number of hydrogen-bond donors (Lipinski definition) is 2. The fraction of sp³-hybridized carbons (Fsp3) is 0.200. The monoisotopic (exact) mass is 380 g/mol. The number of anilines is 1. The van der Waals surface area contributed by atoms with Gasteiger partial charge in [-0.05, 0) is 49.4 Å². The van der Waals surface area contributed by atoms with Gasteiger partial charge in [-0.3, -0.25) is 9.59 Å². The molecule has 144 valence electrons. The van der Waals surface area contributed by atoms with Crippen molar-refractivity contribution in [3.05, 3.63) is 60.0 Å². The Labute approximate surface area is 161 Å². The number of nitrogens with one attached hydrogen (secondary N) is 2. The first-order valence-electron chi connectivity index (χ1n) is 8.77. The maximum Gasteiger partial charge on any atom is 0.262 e. The number of aromatic nitrogens is 2. The molecule has 0 aliphatic rings. The molecule has 0 radical (unpaired) electrons. The molecule has 3 aromatic rings. The molecule has 0 fully saturated rings. The van der Waals surface area contributed by atoms with Crippen LogP contribution in [-0.4, -0.2) is 35.1 Å². The van der Waals surface area contributed by atoms with Gasteiger partial charge in [0.15, 0.2) is 6.61 Å². The fourth-order valence-electron chi connectivity index (χ4n) is 2.46. The molecule has 8 nitrogen and oxygen atoms in total. The lowest BCUT2D eigenvalue weighted by Gasteiger charge is -2.09. The molecule has 2 aromatic carbocycles. The van der Waals surface area contributed by atoms with Gasteiger partial charge in [-0.1, -0.05) is 11.2 Å². The molecule has 8 heteroatoms. The number of benzene rings is 2. The summed E-state index contributed by atoms with van der Waals surface area (Å²) in [6.45, 7) is 3.94. The van der Waals surface area contributed by atoms with E-state index >= 15 is 0 Å². The Morgan fingerprint density at radius 1 is 1.14 bits per heavy atom. The van der Waals surface area contributed by atoms with E-state index in [9.17, 15) is 9.59 Å². The van der Waals surface area contributed by atoms with E-state index in [1.807, 2.05) is 6.92 Å². The van der Waals surface area contributed by atoms with Crippen LogP contribution in [0, 0.1) is 6.92 Å². The van der Waals surface area contributed by atoms with Gasteiger partial charge >= 0.3 is 0 Å². The minimum atomic E-state index is -0.328. The molecule has 1 heterocycles. The maximum atomic E-state index is 12.1. The first-order valence-corrected chi connectivity index (χ1v) is 8.77. The molecule has 0 bridgehead atoms. The second kappa shape index (κ2) is 8.81. The topological polar surface area (TPSA) is 106 Å².